The summed E-state index contributed by atoms with van der Waals surface area (Å²) in [5, 5.41) is 0. The van der Waals surface area contributed by atoms with Crippen LogP contribution in [0.3, 0.4) is 0 Å². The molecule has 3 nitrogen and oxygen atoms in total. The molecule has 2 aromatic rings. The van der Waals surface area contributed by atoms with E-state index in [1.165, 1.54) is 18.4 Å². The predicted octanol–water partition coefficient (Wildman–Crippen LogP) is 4.07. The van der Waals surface area contributed by atoms with Crippen molar-refractivity contribution in [1.29, 1.82) is 0 Å². The maximum Gasteiger partial charge on any atom is 0.173 e. The molecule has 2 rings (SSSR count). The molecule has 0 spiro atoms. The van der Waals surface area contributed by atoms with Gasteiger partial charge in [-0.2, -0.15) is 0 Å². The van der Waals surface area contributed by atoms with Crippen molar-refractivity contribution in [2.24, 2.45) is 5.92 Å². The number of nitrogens with zero attached hydrogens (tertiary/aromatic N) is 2. The van der Waals surface area contributed by atoms with Crippen LogP contribution in [-0.2, 0) is 0 Å². The molecule has 0 aliphatic heterocycles. The smallest absolute Gasteiger partial charge is 0.173 e. The monoisotopic (exact) mass is 232 g/mol. The summed E-state index contributed by atoms with van der Waals surface area (Å²) in [6, 6.07) is 0. The molecule has 2 aromatic heterocycles. The Bertz CT molecular complexity index is 502. The molecule has 0 aromatic carbocycles. The van der Waals surface area contributed by atoms with Crippen molar-refractivity contribution >= 4 is 11.1 Å². The van der Waals surface area contributed by atoms with E-state index < -0.39 is 0 Å². The fourth-order valence-electron chi connectivity index (χ4n) is 2.41. The number of hydrogen-bond acceptors (Lipinski definition) is 3. The Hall–Kier alpha value is -1.38. The van der Waals surface area contributed by atoms with Gasteiger partial charge < -0.3 is 4.42 Å². The highest BCUT2D eigenvalue weighted by atomic mass is 16.3. The zero-order valence-corrected chi connectivity index (χ0v) is 11.0. The van der Waals surface area contributed by atoms with Crippen molar-refractivity contribution in [3.63, 3.8) is 0 Å². The van der Waals surface area contributed by atoms with Crippen LogP contribution in [0.1, 0.15) is 50.8 Å². The highest BCUT2D eigenvalue weighted by molar-refractivity contribution is 5.78. The van der Waals surface area contributed by atoms with Crippen molar-refractivity contribution < 1.29 is 4.42 Å². The zero-order valence-electron chi connectivity index (χ0n) is 11.0. The molecule has 0 bridgehead atoms. The molecule has 0 aliphatic carbocycles. The van der Waals surface area contributed by atoms with Crippen molar-refractivity contribution in [1.82, 2.24) is 9.97 Å². The average Bonchev–Trinajstić information content (AvgIpc) is 2.70. The number of rotatable bonds is 4. The van der Waals surface area contributed by atoms with Crippen LogP contribution in [0.4, 0.5) is 0 Å². The summed E-state index contributed by atoms with van der Waals surface area (Å²) in [5.41, 5.74) is 3.98. The van der Waals surface area contributed by atoms with Gasteiger partial charge in [-0.05, 0) is 25.2 Å². The van der Waals surface area contributed by atoms with Crippen LogP contribution in [0.15, 0.2) is 17.0 Å². The van der Waals surface area contributed by atoms with E-state index in [-0.39, 0.29) is 0 Å². The Balaban J connectivity index is 2.50. The molecule has 1 atom stereocenters. The molecule has 0 amide bonds. The van der Waals surface area contributed by atoms with Gasteiger partial charge in [0.2, 0.25) is 0 Å². The fraction of sp³-hybridized carbons (Fsp3) is 0.571. The van der Waals surface area contributed by atoms with Gasteiger partial charge in [-0.25, -0.2) is 9.97 Å². The number of fused-ring (bicyclic) bond motifs is 1. The first-order valence-corrected chi connectivity index (χ1v) is 6.33. The Morgan fingerprint density at radius 2 is 2.06 bits per heavy atom. The summed E-state index contributed by atoms with van der Waals surface area (Å²) >= 11 is 0. The Morgan fingerprint density at radius 3 is 2.71 bits per heavy atom. The summed E-state index contributed by atoms with van der Waals surface area (Å²) in [4.78, 5) is 8.55. The standard InChI is InChI=1S/C14H20N2O/c1-5-6-11(9(2)3)12-7-17-14-10(4)15-8-16-13(12)14/h7-9,11H,5-6H2,1-4H3. The summed E-state index contributed by atoms with van der Waals surface area (Å²) in [6.07, 6.45) is 5.85. The van der Waals surface area contributed by atoms with Crippen LogP contribution in [0.5, 0.6) is 0 Å². The first-order chi connectivity index (χ1) is 8.15. The number of hydrogen-bond donors (Lipinski definition) is 0. The maximum absolute atomic E-state index is 5.63. The lowest BCUT2D eigenvalue weighted by molar-refractivity contribution is 0.459. The summed E-state index contributed by atoms with van der Waals surface area (Å²) in [5.74, 6) is 1.13. The Kier molecular flexibility index (Phi) is 3.46. The molecule has 0 N–H and O–H groups in total. The van der Waals surface area contributed by atoms with Crippen LogP contribution in [0, 0.1) is 12.8 Å². The third kappa shape index (κ3) is 2.19. The fourth-order valence-corrected chi connectivity index (χ4v) is 2.41. The highest BCUT2D eigenvalue weighted by Crippen LogP contribution is 2.34. The van der Waals surface area contributed by atoms with Gasteiger partial charge in [-0.3, -0.25) is 0 Å². The summed E-state index contributed by atoms with van der Waals surface area (Å²) < 4.78 is 5.63. The van der Waals surface area contributed by atoms with Gasteiger partial charge in [0.05, 0.1) is 12.0 Å². The average molecular weight is 232 g/mol. The molecule has 0 saturated carbocycles. The number of furan rings is 1. The molecule has 0 aliphatic rings. The highest BCUT2D eigenvalue weighted by Gasteiger charge is 2.21. The van der Waals surface area contributed by atoms with Crippen LogP contribution >= 0.6 is 0 Å². The molecule has 92 valence electrons. The largest absolute Gasteiger partial charge is 0.460 e. The van der Waals surface area contributed by atoms with Gasteiger partial charge in [0.25, 0.3) is 0 Å². The molecule has 17 heavy (non-hydrogen) atoms. The Morgan fingerprint density at radius 1 is 1.29 bits per heavy atom. The van der Waals surface area contributed by atoms with E-state index in [4.69, 9.17) is 4.42 Å². The minimum Gasteiger partial charge on any atom is -0.460 e. The van der Waals surface area contributed by atoms with Crippen LogP contribution in [0.25, 0.3) is 11.1 Å². The number of aryl methyl sites for hydroxylation is 1. The third-order valence-electron chi connectivity index (χ3n) is 3.36. The van der Waals surface area contributed by atoms with Crippen molar-refractivity contribution in [3.05, 3.63) is 23.8 Å². The van der Waals surface area contributed by atoms with Gasteiger partial charge >= 0.3 is 0 Å². The predicted molar refractivity (Wildman–Crippen MR) is 69.0 cm³/mol. The van der Waals surface area contributed by atoms with E-state index >= 15 is 0 Å². The summed E-state index contributed by atoms with van der Waals surface area (Å²) in [7, 11) is 0. The van der Waals surface area contributed by atoms with E-state index in [9.17, 15) is 0 Å². The molecule has 1 unspecified atom stereocenters. The SMILES string of the molecule is CCCC(c1coc2c(C)ncnc12)C(C)C. The van der Waals surface area contributed by atoms with Crippen LogP contribution < -0.4 is 0 Å². The topological polar surface area (TPSA) is 38.9 Å². The minimum absolute atomic E-state index is 0.524. The van der Waals surface area contributed by atoms with Gasteiger partial charge in [0.1, 0.15) is 11.8 Å². The molecule has 0 radical (unpaired) electrons. The number of aromatic nitrogens is 2. The lowest BCUT2D eigenvalue weighted by Gasteiger charge is -2.18. The van der Waals surface area contributed by atoms with E-state index in [1.54, 1.807) is 6.33 Å². The van der Waals surface area contributed by atoms with E-state index in [1.807, 2.05) is 13.2 Å². The lowest BCUT2D eigenvalue weighted by Crippen LogP contribution is -2.06. The minimum atomic E-state index is 0.524. The molecular formula is C14H20N2O. The molecule has 3 heteroatoms. The quantitative estimate of drug-likeness (QED) is 0.797. The van der Waals surface area contributed by atoms with Gasteiger partial charge in [-0.1, -0.05) is 27.2 Å². The van der Waals surface area contributed by atoms with E-state index in [0.717, 1.165) is 16.8 Å². The van der Waals surface area contributed by atoms with Crippen molar-refractivity contribution in [3.8, 4) is 0 Å². The lowest BCUT2D eigenvalue weighted by atomic mass is 9.86. The van der Waals surface area contributed by atoms with Crippen molar-refractivity contribution in [2.45, 2.75) is 46.5 Å². The van der Waals surface area contributed by atoms with Gasteiger partial charge in [0, 0.05) is 5.56 Å². The third-order valence-corrected chi connectivity index (χ3v) is 3.36. The molecular weight excluding hydrogens is 212 g/mol. The van der Waals surface area contributed by atoms with Gasteiger partial charge in [-0.15, -0.1) is 0 Å². The second-order valence-corrected chi connectivity index (χ2v) is 4.97. The van der Waals surface area contributed by atoms with Gasteiger partial charge in [0.15, 0.2) is 5.58 Å². The molecule has 0 fully saturated rings. The maximum atomic E-state index is 5.63. The second-order valence-electron chi connectivity index (χ2n) is 4.97. The first-order valence-electron chi connectivity index (χ1n) is 6.33. The van der Waals surface area contributed by atoms with Crippen LogP contribution in [0.2, 0.25) is 0 Å². The first kappa shape index (κ1) is 12.1. The second kappa shape index (κ2) is 4.86. The van der Waals surface area contributed by atoms with E-state index in [2.05, 4.69) is 30.7 Å². The van der Waals surface area contributed by atoms with Crippen LogP contribution in [-0.4, -0.2) is 9.97 Å². The zero-order chi connectivity index (χ0) is 12.4. The normalized spacial score (nSPS) is 13.5. The molecule has 2 heterocycles. The Labute approximate surface area is 102 Å². The van der Waals surface area contributed by atoms with E-state index in [0.29, 0.717) is 11.8 Å². The molecule has 0 saturated heterocycles. The van der Waals surface area contributed by atoms with Crippen molar-refractivity contribution in [2.75, 3.05) is 0 Å². The summed E-state index contributed by atoms with van der Waals surface area (Å²) in [6.45, 7) is 8.69.